The molecule has 0 radical (unpaired) electrons. The van der Waals surface area contributed by atoms with E-state index in [0.29, 0.717) is 16.5 Å². The van der Waals surface area contributed by atoms with Crippen molar-refractivity contribution in [1.29, 1.82) is 0 Å². The summed E-state index contributed by atoms with van der Waals surface area (Å²) in [5.74, 6) is 0.701. The number of carbonyl (C=O) groups excluding carboxylic acids is 1. The molecule has 148 valence electrons. The third kappa shape index (κ3) is 3.51. The molecule has 2 heterocycles. The van der Waals surface area contributed by atoms with Crippen molar-refractivity contribution < 1.29 is 9.53 Å². The number of ketones is 1. The van der Waals surface area contributed by atoms with Crippen LogP contribution < -0.4 is 4.74 Å². The number of tetrazole rings is 1. The maximum atomic E-state index is 13.2. The van der Waals surface area contributed by atoms with Crippen LogP contribution in [0.3, 0.4) is 0 Å². The number of methoxy groups -OCH3 is 1. The van der Waals surface area contributed by atoms with Crippen molar-refractivity contribution in [2.75, 3.05) is 7.11 Å². The molecule has 0 aliphatic carbocycles. The zero-order chi connectivity index (χ0) is 20.5. The molecule has 0 saturated carbocycles. The maximum Gasteiger partial charge on any atom is 0.214 e. The van der Waals surface area contributed by atoms with E-state index in [1.807, 2.05) is 63.2 Å². The Hall–Kier alpha value is -3.13. The number of aromatic amines is 1. The van der Waals surface area contributed by atoms with Crippen molar-refractivity contribution >= 4 is 28.4 Å². The molecule has 29 heavy (non-hydrogen) atoms. The number of thioether (sulfide) groups is 1. The Kier molecular flexibility index (Phi) is 5.10. The normalized spacial score (nSPS) is 12.3. The molecule has 2 aromatic heterocycles. The van der Waals surface area contributed by atoms with Gasteiger partial charge in [0.25, 0.3) is 0 Å². The summed E-state index contributed by atoms with van der Waals surface area (Å²) in [6.07, 6.45) is 0. The van der Waals surface area contributed by atoms with Crippen LogP contribution in [0.4, 0.5) is 0 Å². The van der Waals surface area contributed by atoms with Crippen molar-refractivity contribution in [3.63, 3.8) is 0 Å². The maximum absolute atomic E-state index is 13.2. The van der Waals surface area contributed by atoms with E-state index in [2.05, 4.69) is 20.5 Å². The zero-order valence-electron chi connectivity index (χ0n) is 16.6. The van der Waals surface area contributed by atoms with Gasteiger partial charge in [-0.2, -0.15) is 4.68 Å². The van der Waals surface area contributed by atoms with Crippen LogP contribution >= 0.6 is 11.8 Å². The second-order valence-electron chi connectivity index (χ2n) is 6.84. The van der Waals surface area contributed by atoms with Crippen LogP contribution in [0.5, 0.6) is 5.75 Å². The van der Waals surface area contributed by atoms with E-state index < -0.39 is 0 Å². The number of ether oxygens (including phenoxy) is 1. The van der Waals surface area contributed by atoms with Crippen molar-refractivity contribution in [1.82, 2.24) is 25.2 Å². The van der Waals surface area contributed by atoms with Crippen molar-refractivity contribution in [2.24, 2.45) is 0 Å². The number of fused-ring (bicyclic) bond motifs is 1. The highest BCUT2D eigenvalue weighted by Gasteiger charge is 2.25. The van der Waals surface area contributed by atoms with Crippen LogP contribution in [0, 0.1) is 13.8 Å². The first-order valence-corrected chi connectivity index (χ1v) is 10.1. The Labute approximate surface area is 172 Å². The Morgan fingerprint density at radius 3 is 2.79 bits per heavy atom. The van der Waals surface area contributed by atoms with Gasteiger partial charge < -0.3 is 9.72 Å². The van der Waals surface area contributed by atoms with Gasteiger partial charge in [-0.25, -0.2) is 0 Å². The topological polar surface area (TPSA) is 85.7 Å². The van der Waals surface area contributed by atoms with Crippen molar-refractivity contribution in [2.45, 2.75) is 31.2 Å². The number of nitrogens with zero attached hydrogens (tertiary/aromatic N) is 4. The van der Waals surface area contributed by atoms with Gasteiger partial charge in [0.15, 0.2) is 5.78 Å². The molecule has 1 N–H and O–H groups in total. The molecule has 8 heteroatoms. The van der Waals surface area contributed by atoms with Gasteiger partial charge in [-0.3, -0.25) is 4.79 Å². The number of carbonyl (C=O) groups is 1. The summed E-state index contributed by atoms with van der Waals surface area (Å²) in [5, 5.41) is 13.2. The Balaban J connectivity index is 1.66. The predicted octanol–water partition coefficient (Wildman–Crippen LogP) is 4.13. The van der Waals surface area contributed by atoms with Crippen molar-refractivity contribution in [3.05, 3.63) is 59.3 Å². The first kappa shape index (κ1) is 19.2. The fourth-order valence-corrected chi connectivity index (χ4v) is 4.24. The van der Waals surface area contributed by atoms with Gasteiger partial charge in [-0.15, -0.1) is 5.10 Å². The van der Waals surface area contributed by atoms with Crippen LogP contribution in [-0.4, -0.2) is 43.3 Å². The standard InChI is InChI=1S/C21H21N5O2S/c1-12-9-10-18(28-4)17(11-12)26-21(23-24-25-26)29-14(3)20(27)19-13(2)22-16-8-6-5-7-15(16)19/h5-11,14,22H,1-4H3. The summed E-state index contributed by atoms with van der Waals surface area (Å²) in [6, 6.07) is 13.6. The lowest BCUT2D eigenvalue weighted by molar-refractivity contribution is 0.0995. The Bertz CT molecular complexity index is 1200. The molecule has 0 aliphatic rings. The minimum atomic E-state index is -0.367. The Morgan fingerprint density at radius 2 is 2.00 bits per heavy atom. The van der Waals surface area contributed by atoms with E-state index in [4.69, 9.17) is 4.74 Å². The fourth-order valence-electron chi connectivity index (χ4n) is 3.38. The lowest BCUT2D eigenvalue weighted by Gasteiger charge is -2.13. The van der Waals surface area contributed by atoms with E-state index in [-0.39, 0.29) is 11.0 Å². The van der Waals surface area contributed by atoms with Gasteiger partial charge in [0.05, 0.1) is 12.4 Å². The van der Waals surface area contributed by atoms with E-state index in [1.54, 1.807) is 11.8 Å². The number of rotatable bonds is 6. The number of hydrogen-bond donors (Lipinski definition) is 1. The summed E-state index contributed by atoms with van der Waals surface area (Å²) >= 11 is 1.33. The molecule has 0 saturated heterocycles. The first-order chi connectivity index (χ1) is 14.0. The van der Waals surface area contributed by atoms with E-state index in [1.165, 1.54) is 11.8 Å². The molecular formula is C21H21N5O2S. The third-order valence-electron chi connectivity index (χ3n) is 4.79. The molecule has 1 unspecified atom stereocenters. The molecule has 0 fully saturated rings. The number of para-hydroxylation sites is 1. The first-order valence-electron chi connectivity index (χ1n) is 9.21. The van der Waals surface area contributed by atoms with E-state index >= 15 is 0 Å². The summed E-state index contributed by atoms with van der Waals surface area (Å²) in [7, 11) is 1.61. The van der Waals surface area contributed by atoms with Crippen molar-refractivity contribution in [3.8, 4) is 11.4 Å². The highest BCUT2D eigenvalue weighted by atomic mass is 32.2. The largest absolute Gasteiger partial charge is 0.494 e. The number of benzene rings is 2. The lowest BCUT2D eigenvalue weighted by Crippen LogP contribution is -2.15. The van der Waals surface area contributed by atoms with Gasteiger partial charge >= 0.3 is 0 Å². The summed E-state index contributed by atoms with van der Waals surface area (Å²) < 4.78 is 7.07. The minimum absolute atomic E-state index is 0.0377. The van der Waals surface area contributed by atoms with E-state index in [9.17, 15) is 4.79 Å². The number of aryl methyl sites for hydroxylation is 2. The number of aromatic nitrogens is 5. The number of H-pyrrole nitrogens is 1. The van der Waals surface area contributed by atoms with Crippen LogP contribution in [-0.2, 0) is 0 Å². The van der Waals surface area contributed by atoms with Gasteiger partial charge in [0.1, 0.15) is 11.4 Å². The molecular weight excluding hydrogens is 386 g/mol. The van der Waals surface area contributed by atoms with E-state index in [0.717, 1.165) is 27.8 Å². The Morgan fingerprint density at radius 1 is 1.21 bits per heavy atom. The van der Waals surface area contributed by atoms with Gasteiger partial charge in [0.2, 0.25) is 5.16 Å². The molecule has 7 nitrogen and oxygen atoms in total. The summed E-state index contributed by atoms with van der Waals surface area (Å²) in [4.78, 5) is 16.5. The molecule has 0 spiro atoms. The average molecular weight is 407 g/mol. The SMILES string of the molecule is COc1ccc(C)cc1-n1nnnc1SC(C)C(=O)c1c(C)[nH]c2ccccc12. The number of nitrogens with one attached hydrogen (secondary N) is 1. The molecule has 1 atom stereocenters. The van der Waals surface area contributed by atoms with Crippen LogP contribution in [0.25, 0.3) is 16.6 Å². The molecule has 4 aromatic rings. The summed E-state index contributed by atoms with van der Waals surface area (Å²) in [6.45, 7) is 5.79. The monoisotopic (exact) mass is 407 g/mol. The predicted molar refractivity (Wildman–Crippen MR) is 113 cm³/mol. The molecule has 0 amide bonds. The fraction of sp³-hybridized carbons (Fsp3) is 0.238. The highest BCUT2D eigenvalue weighted by molar-refractivity contribution is 8.00. The second-order valence-corrected chi connectivity index (χ2v) is 8.15. The smallest absolute Gasteiger partial charge is 0.214 e. The zero-order valence-corrected chi connectivity index (χ0v) is 17.4. The highest BCUT2D eigenvalue weighted by Crippen LogP contribution is 2.31. The van der Waals surface area contributed by atoms with Gasteiger partial charge in [-0.1, -0.05) is 36.0 Å². The molecule has 0 bridgehead atoms. The second kappa shape index (κ2) is 7.71. The minimum Gasteiger partial charge on any atom is -0.494 e. The van der Waals surface area contributed by atoms with Crippen LogP contribution in [0.15, 0.2) is 47.6 Å². The van der Waals surface area contributed by atoms with Crippen LogP contribution in [0.2, 0.25) is 0 Å². The number of Topliss-reactive ketones (excluding diaryl/α,β-unsaturated/α-hetero) is 1. The number of hydrogen-bond acceptors (Lipinski definition) is 6. The molecule has 0 aliphatic heterocycles. The average Bonchev–Trinajstić information content (AvgIpc) is 3.30. The lowest BCUT2D eigenvalue weighted by atomic mass is 10.1. The summed E-state index contributed by atoms with van der Waals surface area (Å²) in [5.41, 5.74) is 4.34. The quantitative estimate of drug-likeness (QED) is 0.382. The van der Waals surface area contributed by atoms with Crippen LogP contribution in [0.1, 0.15) is 28.5 Å². The van der Waals surface area contributed by atoms with Gasteiger partial charge in [0, 0.05) is 22.2 Å². The third-order valence-corrected chi connectivity index (χ3v) is 5.83. The molecule has 4 rings (SSSR count). The molecule has 2 aromatic carbocycles. The van der Waals surface area contributed by atoms with Gasteiger partial charge in [-0.05, 0) is 55.0 Å².